The molecule has 0 amide bonds. The Morgan fingerprint density at radius 1 is 1.14 bits per heavy atom. The number of likely N-dealkylation sites (tertiary alicyclic amines) is 1. The van der Waals surface area contributed by atoms with E-state index in [-0.39, 0.29) is 11.5 Å². The summed E-state index contributed by atoms with van der Waals surface area (Å²) in [7, 11) is 1.75. The highest BCUT2D eigenvalue weighted by Crippen LogP contribution is 2.66. The highest BCUT2D eigenvalue weighted by atomic mass is 16.8. The first-order chi connectivity index (χ1) is 13.7. The standard InChI is InChI=1S/C23H29NO4/c1-25-18-5-4-15-12-17-16-6-7-23(26-10-11-27-23)21-22(16,19(15)20(18)28-21)8-9-24(17)13-14-2-3-14/h4-5,14,16-17,21H,2-3,6-13H2,1H3. The first-order valence-corrected chi connectivity index (χ1v) is 11.1. The van der Waals surface area contributed by atoms with Crippen LogP contribution in [0.2, 0.25) is 0 Å². The van der Waals surface area contributed by atoms with Crippen LogP contribution in [0, 0.1) is 11.8 Å². The lowest BCUT2D eigenvalue weighted by molar-refractivity contribution is -0.261. The molecule has 5 heteroatoms. The van der Waals surface area contributed by atoms with Crippen molar-refractivity contribution in [2.24, 2.45) is 11.8 Å². The van der Waals surface area contributed by atoms with Crippen LogP contribution < -0.4 is 9.47 Å². The van der Waals surface area contributed by atoms with Crippen LogP contribution >= 0.6 is 0 Å². The largest absolute Gasteiger partial charge is 0.493 e. The van der Waals surface area contributed by atoms with Gasteiger partial charge in [0.15, 0.2) is 17.6 Å². The number of fused-ring (bicyclic) bond motifs is 1. The summed E-state index contributed by atoms with van der Waals surface area (Å²) < 4.78 is 25.1. The van der Waals surface area contributed by atoms with Crippen molar-refractivity contribution in [1.82, 2.24) is 4.90 Å². The number of methoxy groups -OCH3 is 1. The Hall–Kier alpha value is -1.30. The number of nitrogens with zero attached hydrogens (tertiary/aromatic N) is 1. The van der Waals surface area contributed by atoms with Gasteiger partial charge in [0.2, 0.25) is 5.79 Å². The van der Waals surface area contributed by atoms with Gasteiger partial charge in [-0.2, -0.15) is 0 Å². The quantitative estimate of drug-likeness (QED) is 0.803. The van der Waals surface area contributed by atoms with Gasteiger partial charge in [0.05, 0.1) is 20.3 Å². The molecule has 3 aliphatic carbocycles. The van der Waals surface area contributed by atoms with Gasteiger partial charge in [-0.25, -0.2) is 0 Å². The van der Waals surface area contributed by atoms with Crippen molar-refractivity contribution < 1.29 is 18.9 Å². The lowest BCUT2D eigenvalue weighted by Gasteiger charge is -2.61. The number of rotatable bonds is 3. The summed E-state index contributed by atoms with van der Waals surface area (Å²) in [6, 6.07) is 5.03. The van der Waals surface area contributed by atoms with E-state index in [9.17, 15) is 0 Å². The van der Waals surface area contributed by atoms with E-state index in [0.717, 1.165) is 36.7 Å². The number of ether oxygens (including phenoxy) is 4. The molecule has 6 aliphatic rings. The molecular formula is C23H29NO4. The lowest BCUT2D eigenvalue weighted by Crippen LogP contribution is -2.70. The molecule has 4 unspecified atom stereocenters. The van der Waals surface area contributed by atoms with Gasteiger partial charge in [0, 0.05) is 30.0 Å². The second-order valence-corrected chi connectivity index (χ2v) is 9.78. The van der Waals surface area contributed by atoms with Gasteiger partial charge in [-0.15, -0.1) is 0 Å². The van der Waals surface area contributed by atoms with E-state index in [1.807, 2.05) is 0 Å². The molecule has 4 fully saturated rings. The molecule has 0 aromatic heterocycles. The van der Waals surface area contributed by atoms with Crippen molar-refractivity contribution in [2.75, 3.05) is 33.4 Å². The fraction of sp³-hybridized carbons (Fsp3) is 0.739. The van der Waals surface area contributed by atoms with Gasteiger partial charge in [0.25, 0.3) is 0 Å². The molecule has 3 aliphatic heterocycles. The van der Waals surface area contributed by atoms with Gasteiger partial charge < -0.3 is 18.9 Å². The summed E-state index contributed by atoms with van der Waals surface area (Å²) in [5.41, 5.74) is 2.92. The molecule has 28 heavy (non-hydrogen) atoms. The summed E-state index contributed by atoms with van der Waals surface area (Å²) in [5.74, 6) is 2.84. The fourth-order valence-corrected chi connectivity index (χ4v) is 7.37. The van der Waals surface area contributed by atoms with E-state index in [4.69, 9.17) is 18.9 Å². The SMILES string of the molecule is COc1ccc2c3c1OC1C4(CCC5C(C2)N(CC2CC2)CCC351)OCCO4. The van der Waals surface area contributed by atoms with Gasteiger partial charge in [-0.05, 0) is 62.1 Å². The molecule has 2 bridgehead atoms. The monoisotopic (exact) mass is 383 g/mol. The molecular weight excluding hydrogens is 354 g/mol. The average molecular weight is 383 g/mol. The van der Waals surface area contributed by atoms with Crippen LogP contribution in [0.3, 0.4) is 0 Å². The Morgan fingerprint density at radius 3 is 2.79 bits per heavy atom. The van der Waals surface area contributed by atoms with Crippen LogP contribution in [0.5, 0.6) is 11.5 Å². The summed E-state index contributed by atoms with van der Waals surface area (Å²) in [6.07, 6.45) is 7.22. The third kappa shape index (κ3) is 1.89. The van der Waals surface area contributed by atoms with E-state index in [2.05, 4.69) is 17.0 Å². The van der Waals surface area contributed by atoms with Crippen molar-refractivity contribution in [3.8, 4) is 11.5 Å². The number of hydrogen-bond acceptors (Lipinski definition) is 5. The van der Waals surface area contributed by atoms with Gasteiger partial charge in [-0.3, -0.25) is 4.90 Å². The van der Waals surface area contributed by atoms with E-state index in [0.29, 0.717) is 25.2 Å². The minimum Gasteiger partial charge on any atom is -0.493 e. The van der Waals surface area contributed by atoms with Crippen LogP contribution in [0.25, 0.3) is 0 Å². The van der Waals surface area contributed by atoms with E-state index in [1.54, 1.807) is 7.11 Å². The molecule has 1 aromatic rings. The first kappa shape index (κ1) is 16.5. The zero-order valence-electron chi connectivity index (χ0n) is 16.6. The Bertz CT molecular complexity index is 830. The Labute approximate surface area is 166 Å². The normalized spacial score (nSPS) is 39.7. The second-order valence-electron chi connectivity index (χ2n) is 9.78. The van der Waals surface area contributed by atoms with Crippen LogP contribution in [0.4, 0.5) is 0 Å². The van der Waals surface area contributed by atoms with E-state index >= 15 is 0 Å². The Balaban J connectivity index is 1.41. The van der Waals surface area contributed by atoms with Gasteiger partial charge in [0.1, 0.15) is 0 Å². The summed E-state index contributed by atoms with van der Waals surface area (Å²) >= 11 is 0. The molecule has 2 spiro atoms. The molecule has 0 N–H and O–H groups in total. The van der Waals surface area contributed by atoms with Crippen molar-refractivity contribution in [2.45, 2.75) is 61.9 Å². The molecule has 0 radical (unpaired) electrons. The predicted molar refractivity (Wildman–Crippen MR) is 103 cm³/mol. The highest BCUT2D eigenvalue weighted by molar-refractivity contribution is 5.61. The van der Waals surface area contributed by atoms with Gasteiger partial charge >= 0.3 is 0 Å². The molecule has 4 atom stereocenters. The molecule has 3 heterocycles. The summed E-state index contributed by atoms with van der Waals surface area (Å²) in [4.78, 5) is 2.82. The molecule has 2 saturated heterocycles. The van der Waals surface area contributed by atoms with Crippen LogP contribution in [0.15, 0.2) is 12.1 Å². The maximum Gasteiger partial charge on any atom is 0.206 e. The van der Waals surface area contributed by atoms with Crippen LogP contribution in [-0.2, 0) is 21.3 Å². The maximum absolute atomic E-state index is 6.77. The highest BCUT2D eigenvalue weighted by Gasteiger charge is 2.71. The molecule has 150 valence electrons. The van der Waals surface area contributed by atoms with Gasteiger partial charge in [-0.1, -0.05) is 6.07 Å². The van der Waals surface area contributed by atoms with Crippen molar-refractivity contribution >= 4 is 0 Å². The van der Waals surface area contributed by atoms with Crippen LogP contribution in [0.1, 0.15) is 43.2 Å². The Morgan fingerprint density at radius 2 is 2.00 bits per heavy atom. The van der Waals surface area contributed by atoms with Crippen molar-refractivity contribution in [3.05, 3.63) is 23.3 Å². The maximum atomic E-state index is 6.77. The van der Waals surface area contributed by atoms with Crippen molar-refractivity contribution in [3.63, 3.8) is 0 Å². The zero-order chi connectivity index (χ0) is 18.5. The molecule has 7 rings (SSSR count). The lowest BCUT2D eigenvalue weighted by atomic mass is 9.50. The Kier molecular flexibility index (Phi) is 3.20. The minimum atomic E-state index is -0.571. The topological polar surface area (TPSA) is 40.2 Å². The third-order valence-corrected chi connectivity index (χ3v) is 8.60. The zero-order valence-corrected chi connectivity index (χ0v) is 16.6. The fourth-order valence-electron chi connectivity index (χ4n) is 7.37. The third-order valence-electron chi connectivity index (χ3n) is 8.60. The second kappa shape index (κ2) is 5.44. The molecule has 5 nitrogen and oxygen atoms in total. The predicted octanol–water partition coefficient (Wildman–Crippen LogP) is 2.89. The molecule has 2 saturated carbocycles. The van der Waals surface area contributed by atoms with Crippen molar-refractivity contribution in [1.29, 1.82) is 0 Å². The minimum absolute atomic E-state index is 0.0186. The number of benzene rings is 1. The van der Waals surface area contributed by atoms with E-state index in [1.165, 1.54) is 43.5 Å². The summed E-state index contributed by atoms with van der Waals surface area (Å²) in [6.45, 7) is 3.82. The first-order valence-electron chi connectivity index (χ1n) is 11.1. The number of hydrogen-bond donors (Lipinski definition) is 0. The summed E-state index contributed by atoms with van der Waals surface area (Å²) in [5, 5.41) is 0. The molecule has 1 aromatic carbocycles. The van der Waals surface area contributed by atoms with E-state index < -0.39 is 5.79 Å². The van der Waals surface area contributed by atoms with Crippen LogP contribution in [-0.4, -0.2) is 56.2 Å². The number of piperidine rings is 1. The smallest absolute Gasteiger partial charge is 0.206 e. The average Bonchev–Trinajstić information content (AvgIpc) is 3.28.